The van der Waals surface area contributed by atoms with Crippen molar-refractivity contribution in [3.63, 3.8) is 0 Å². The van der Waals surface area contributed by atoms with Crippen LogP contribution in [0.2, 0.25) is 0 Å². The van der Waals surface area contributed by atoms with Crippen LogP contribution in [0, 0.1) is 6.92 Å². The van der Waals surface area contributed by atoms with Crippen LogP contribution in [0.1, 0.15) is 28.7 Å². The maximum absolute atomic E-state index is 13.0. The molecule has 0 aliphatic carbocycles. The Morgan fingerprint density at radius 1 is 1.25 bits per heavy atom. The number of hydrogen-bond acceptors (Lipinski definition) is 4. The van der Waals surface area contributed by atoms with Crippen LogP contribution in [0.15, 0.2) is 42.5 Å². The summed E-state index contributed by atoms with van der Waals surface area (Å²) in [6, 6.07) is 14.3. The number of piperazine rings is 1. The molecule has 0 radical (unpaired) electrons. The topological polar surface area (TPSA) is 61.5 Å². The first-order chi connectivity index (χ1) is 13.5. The van der Waals surface area contributed by atoms with E-state index in [4.69, 9.17) is 4.74 Å². The molecule has 1 aromatic heterocycles. The van der Waals surface area contributed by atoms with Gasteiger partial charge in [-0.15, -0.1) is 0 Å². The minimum Gasteiger partial charge on any atom is -0.497 e. The lowest BCUT2D eigenvalue weighted by Gasteiger charge is -2.39. The summed E-state index contributed by atoms with van der Waals surface area (Å²) in [5, 5.41) is 0. The van der Waals surface area contributed by atoms with Crippen LogP contribution >= 0.6 is 0 Å². The van der Waals surface area contributed by atoms with E-state index in [2.05, 4.69) is 33.9 Å². The number of fused-ring (bicyclic) bond motifs is 1. The van der Waals surface area contributed by atoms with Crippen molar-refractivity contribution in [1.82, 2.24) is 19.8 Å². The number of benzene rings is 2. The van der Waals surface area contributed by atoms with Gasteiger partial charge in [-0.2, -0.15) is 0 Å². The fourth-order valence-electron chi connectivity index (χ4n) is 3.87. The summed E-state index contributed by atoms with van der Waals surface area (Å²) in [6.45, 7) is 7.36. The molecule has 1 amide bonds. The molecule has 1 N–H and O–H groups in total. The van der Waals surface area contributed by atoms with Gasteiger partial charge in [0, 0.05) is 32.2 Å². The maximum atomic E-state index is 13.0. The van der Waals surface area contributed by atoms with Gasteiger partial charge in [-0.1, -0.05) is 18.2 Å². The van der Waals surface area contributed by atoms with E-state index >= 15 is 0 Å². The van der Waals surface area contributed by atoms with Crippen molar-refractivity contribution in [2.24, 2.45) is 0 Å². The van der Waals surface area contributed by atoms with Crippen LogP contribution < -0.4 is 4.74 Å². The summed E-state index contributed by atoms with van der Waals surface area (Å²) in [5.74, 6) is 1.27. The van der Waals surface area contributed by atoms with Gasteiger partial charge in [-0.25, -0.2) is 4.98 Å². The van der Waals surface area contributed by atoms with Crippen molar-refractivity contribution in [2.45, 2.75) is 26.4 Å². The number of aryl methyl sites for hydroxylation is 1. The minimum absolute atomic E-state index is 0.0256. The van der Waals surface area contributed by atoms with Gasteiger partial charge < -0.3 is 14.6 Å². The highest BCUT2D eigenvalue weighted by Crippen LogP contribution is 2.19. The predicted octanol–water partition coefficient (Wildman–Crippen LogP) is 3.23. The molecule has 1 atom stereocenters. The molecule has 0 bridgehead atoms. The molecular weight excluding hydrogens is 352 g/mol. The standard InChI is InChI=1S/C22H26N4O2/c1-15-7-8-19-20(11-15)24-21(23-19)22(27)26-10-9-25(13-16(26)2)14-17-5-4-6-18(12-17)28-3/h4-8,11-12,16H,9-10,13-14H2,1-3H3,(H,23,24)/t16-/m1/s1. The Bertz CT molecular complexity index is 997. The third-order valence-corrected chi connectivity index (χ3v) is 5.35. The number of methoxy groups -OCH3 is 1. The zero-order valence-electron chi connectivity index (χ0n) is 16.6. The number of imidazole rings is 1. The number of amides is 1. The van der Waals surface area contributed by atoms with Gasteiger partial charge in [-0.05, 0) is 49.2 Å². The Kier molecular flexibility index (Phi) is 5.05. The zero-order chi connectivity index (χ0) is 19.7. The summed E-state index contributed by atoms with van der Waals surface area (Å²) in [4.78, 5) is 25.0. The first-order valence-electron chi connectivity index (χ1n) is 9.66. The molecule has 3 aromatic rings. The molecular formula is C22H26N4O2. The average Bonchev–Trinajstić information content (AvgIpc) is 3.11. The second-order valence-corrected chi connectivity index (χ2v) is 7.54. The summed E-state index contributed by atoms with van der Waals surface area (Å²) < 4.78 is 5.31. The molecule has 1 aliphatic heterocycles. The highest BCUT2D eigenvalue weighted by Gasteiger charge is 2.29. The molecule has 6 nitrogen and oxygen atoms in total. The van der Waals surface area contributed by atoms with E-state index in [9.17, 15) is 4.79 Å². The van der Waals surface area contributed by atoms with Crippen molar-refractivity contribution in [3.05, 3.63) is 59.4 Å². The van der Waals surface area contributed by atoms with Crippen molar-refractivity contribution in [2.75, 3.05) is 26.7 Å². The second-order valence-electron chi connectivity index (χ2n) is 7.54. The summed E-state index contributed by atoms with van der Waals surface area (Å²) >= 11 is 0. The Labute approximate surface area is 165 Å². The molecule has 1 aliphatic rings. The van der Waals surface area contributed by atoms with Crippen molar-refractivity contribution < 1.29 is 9.53 Å². The first-order valence-corrected chi connectivity index (χ1v) is 9.66. The van der Waals surface area contributed by atoms with E-state index in [-0.39, 0.29) is 11.9 Å². The number of nitrogens with one attached hydrogen (secondary N) is 1. The number of hydrogen-bond donors (Lipinski definition) is 1. The summed E-state index contributed by atoms with van der Waals surface area (Å²) in [5.41, 5.74) is 4.11. The van der Waals surface area contributed by atoms with Crippen LogP contribution in [-0.4, -0.2) is 58.5 Å². The quantitative estimate of drug-likeness (QED) is 0.757. The van der Waals surface area contributed by atoms with Gasteiger partial charge in [-0.3, -0.25) is 9.69 Å². The van der Waals surface area contributed by atoms with Gasteiger partial charge >= 0.3 is 0 Å². The molecule has 146 valence electrons. The van der Waals surface area contributed by atoms with Crippen LogP contribution in [0.3, 0.4) is 0 Å². The lowest BCUT2D eigenvalue weighted by atomic mass is 10.1. The number of aromatic nitrogens is 2. The number of ether oxygens (including phenoxy) is 1. The number of carbonyl (C=O) groups is 1. The Hall–Kier alpha value is -2.86. The van der Waals surface area contributed by atoms with Gasteiger partial charge in [0.2, 0.25) is 0 Å². The lowest BCUT2D eigenvalue weighted by Crippen LogP contribution is -2.53. The predicted molar refractivity (Wildman–Crippen MR) is 110 cm³/mol. The SMILES string of the molecule is COc1cccc(CN2CCN(C(=O)c3nc4ccc(C)cc4[nH]3)[C@H](C)C2)c1. The van der Waals surface area contributed by atoms with Crippen LogP contribution in [0.5, 0.6) is 5.75 Å². The molecule has 6 heteroatoms. The Balaban J connectivity index is 1.43. The fourth-order valence-corrected chi connectivity index (χ4v) is 3.87. The third kappa shape index (κ3) is 3.73. The molecule has 2 heterocycles. The van der Waals surface area contributed by atoms with Crippen molar-refractivity contribution in [3.8, 4) is 5.75 Å². The van der Waals surface area contributed by atoms with E-state index in [1.165, 1.54) is 5.56 Å². The normalized spacial score (nSPS) is 17.8. The highest BCUT2D eigenvalue weighted by molar-refractivity contribution is 5.94. The summed E-state index contributed by atoms with van der Waals surface area (Å²) in [7, 11) is 1.69. The van der Waals surface area contributed by atoms with Crippen LogP contribution in [-0.2, 0) is 6.54 Å². The van der Waals surface area contributed by atoms with Crippen molar-refractivity contribution >= 4 is 16.9 Å². The fraction of sp³-hybridized carbons (Fsp3) is 0.364. The van der Waals surface area contributed by atoms with E-state index in [1.807, 2.05) is 42.2 Å². The van der Waals surface area contributed by atoms with E-state index < -0.39 is 0 Å². The number of H-pyrrole nitrogens is 1. The molecule has 0 unspecified atom stereocenters. The van der Waals surface area contributed by atoms with E-state index in [0.29, 0.717) is 12.4 Å². The first kappa shape index (κ1) is 18.5. The zero-order valence-corrected chi connectivity index (χ0v) is 16.6. The minimum atomic E-state index is -0.0256. The van der Waals surface area contributed by atoms with Gasteiger partial charge in [0.25, 0.3) is 5.91 Å². The Morgan fingerprint density at radius 2 is 2.11 bits per heavy atom. The smallest absolute Gasteiger partial charge is 0.290 e. The maximum Gasteiger partial charge on any atom is 0.290 e. The lowest BCUT2D eigenvalue weighted by molar-refractivity contribution is 0.0465. The molecule has 4 rings (SSSR count). The molecule has 1 fully saturated rings. The molecule has 0 spiro atoms. The Morgan fingerprint density at radius 3 is 2.89 bits per heavy atom. The third-order valence-electron chi connectivity index (χ3n) is 5.35. The molecule has 28 heavy (non-hydrogen) atoms. The molecule has 1 saturated heterocycles. The van der Waals surface area contributed by atoms with E-state index in [0.717, 1.165) is 42.0 Å². The second kappa shape index (κ2) is 7.64. The van der Waals surface area contributed by atoms with Crippen LogP contribution in [0.4, 0.5) is 0 Å². The number of carbonyl (C=O) groups excluding carboxylic acids is 1. The molecule has 2 aromatic carbocycles. The van der Waals surface area contributed by atoms with Crippen LogP contribution in [0.25, 0.3) is 11.0 Å². The number of nitrogens with zero attached hydrogens (tertiary/aromatic N) is 3. The van der Waals surface area contributed by atoms with Crippen molar-refractivity contribution in [1.29, 1.82) is 0 Å². The monoisotopic (exact) mass is 378 g/mol. The molecule has 0 saturated carbocycles. The van der Waals surface area contributed by atoms with Gasteiger partial charge in [0.15, 0.2) is 5.82 Å². The number of aromatic amines is 1. The van der Waals surface area contributed by atoms with Gasteiger partial charge in [0.1, 0.15) is 5.75 Å². The van der Waals surface area contributed by atoms with Gasteiger partial charge in [0.05, 0.1) is 18.1 Å². The number of rotatable bonds is 4. The largest absolute Gasteiger partial charge is 0.497 e. The highest BCUT2D eigenvalue weighted by atomic mass is 16.5. The average molecular weight is 378 g/mol. The van der Waals surface area contributed by atoms with E-state index in [1.54, 1.807) is 7.11 Å². The summed E-state index contributed by atoms with van der Waals surface area (Å²) in [6.07, 6.45) is 0.